The van der Waals surface area contributed by atoms with E-state index in [9.17, 15) is 13.6 Å². The van der Waals surface area contributed by atoms with Gasteiger partial charge in [0, 0.05) is 23.1 Å². The van der Waals surface area contributed by atoms with Gasteiger partial charge in [-0.1, -0.05) is 0 Å². The first kappa shape index (κ1) is 11.8. The maximum Gasteiger partial charge on any atom is 0.395 e. The van der Waals surface area contributed by atoms with E-state index in [4.69, 9.17) is 5.11 Å². The fraction of sp³-hybridized carbons (Fsp3) is 0.375. The number of thioether (sulfide) groups is 1. The second kappa shape index (κ2) is 4.09. The van der Waals surface area contributed by atoms with Gasteiger partial charge in [-0.25, -0.2) is 14.8 Å². The molecule has 1 aromatic heterocycles. The van der Waals surface area contributed by atoms with Crippen molar-refractivity contribution in [3.05, 3.63) is 17.5 Å². The van der Waals surface area contributed by atoms with Crippen LogP contribution in [0.2, 0.25) is 0 Å². The number of carboxylic acid groups (broad SMARTS) is 1. The van der Waals surface area contributed by atoms with Gasteiger partial charge in [0.1, 0.15) is 0 Å². The lowest BCUT2D eigenvalue weighted by Gasteiger charge is -2.09. The van der Waals surface area contributed by atoms with Crippen LogP contribution in [0.1, 0.15) is 11.4 Å². The Morgan fingerprint density at radius 2 is 1.87 bits per heavy atom. The number of aliphatic carboxylic acids is 1. The Kier molecular flexibility index (Phi) is 3.23. The standard InChI is InChI=1S/C8H8F2N2O2S/c1-4-3-5(2)12-7(11-4)15-8(9,10)6(13)14/h3H,1-2H3,(H,13,14). The van der Waals surface area contributed by atoms with Crippen molar-refractivity contribution in [2.24, 2.45) is 0 Å². The van der Waals surface area contributed by atoms with Crippen LogP contribution in [0.4, 0.5) is 8.78 Å². The molecule has 82 valence electrons. The quantitative estimate of drug-likeness (QED) is 0.639. The molecule has 0 unspecified atom stereocenters. The normalized spacial score (nSPS) is 11.5. The number of hydrogen-bond acceptors (Lipinski definition) is 4. The molecule has 0 aliphatic heterocycles. The zero-order chi connectivity index (χ0) is 11.6. The predicted octanol–water partition coefficient (Wildman–Crippen LogP) is 1.86. The number of rotatable bonds is 3. The van der Waals surface area contributed by atoms with E-state index in [-0.39, 0.29) is 16.9 Å². The van der Waals surface area contributed by atoms with Gasteiger partial charge in [0.05, 0.1) is 0 Å². The third-order valence-corrected chi connectivity index (χ3v) is 2.23. The molecule has 0 aliphatic carbocycles. The van der Waals surface area contributed by atoms with Crippen LogP contribution in [0.15, 0.2) is 11.2 Å². The Morgan fingerprint density at radius 3 is 2.27 bits per heavy atom. The summed E-state index contributed by atoms with van der Waals surface area (Å²) >= 11 is -0.173. The largest absolute Gasteiger partial charge is 0.476 e. The van der Waals surface area contributed by atoms with Gasteiger partial charge in [0.25, 0.3) is 0 Å². The van der Waals surface area contributed by atoms with E-state index < -0.39 is 11.2 Å². The predicted molar refractivity (Wildman–Crippen MR) is 49.9 cm³/mol. The average molecular weight is 234 g/mol. The number of aromatic nitrogens is 2. The smallest absolute Gasteiger partial charge is 0.395 e. The highest BCUT2D eigenvalue weighted by Gasteiger charge is 2.41. The van der Waals surface area contributed by atoms with Crippen molar-refractivity contribution in [2.75, 3.05) is 0 Å². The molecule has 1 heterocycles. The molecule has 0 aromatic carbocycles. The molecule has 0 fully saturated rings. The Balaban J connectivity index is 2.94. The molecule has 0 spiro atoms. The lowest BCUT2D eigenvalue weighted by molar-refractivity contribution is -0.152. The van der Waals surface area contributed by atoms with Crippen LogP contribution in [-0.2, 0) is 4.79 Å². The summed E-state index contributed by atoms with van der Waals surface area (Å²) in [5, 5.41) is 4.08. The van der Waals surface area contributed by atoms with Crippen molar-refractivity contribution in [1.29, 1.82) is 0 Å². The van der Waals surface area contributed by atoms with E-state index in [1.807, 2.05) is 0 Å². The molecule has 0 radical (unpaired) electrons. The minimum Gasteiger partial charge on any atom is -0.476 e. The van der Waals surface area contributed by atoms with E-state index in [0.717, 1.165) is 0 Å². The van der Waals surface area contributed by atoms with Crippen molar-refractivity contribution in [1.82, 2.24) is 9.97 Å². The second-order valence-electron chi connectivity index (χ2n) is 2.86. The summed E-state index contributed by atoms with van der Waals surface area (Å²) in [6, 6.07) is 1.61. The number of hydrogen-bond donors (Lipinski definition) is 1. The van der Waals surface area contributed by atoms with E-state index in [1.165, 1.54) is 0 Å². The van der Waals surface area contributed by atoms with E-state index >= 15 is 0 Å². The van der Waals surface area contributed by atoms with Gasteiger partial charge in [-0.3, -0.25) is 0 Å². The summed E-state index contributed by atoms with van der Waals surface area (Å²) in [5.74, 6) is -2.20. The van der Waals surface area contributed by atoms with Gasteiger partial charge in [0.15, 0.2) is 5.16 Å². The van der Waals surface area contributed by atoms with E-state index in [1.54, 1.807) is 19.9 Å². The van der Waals surface area contributed by atoms with Crippen molar-refractivity contribution in [2.45, 2.75) is 24.3 Å². The molecule has 0 atom stereocenters. The van der Waals surface area contributed by atoms with Crippen LogP contribution in [0.3, 0.4) is 0 Å². The number of carboxylic acids is 1. The maximum atomic E-state index is 12.8. The molecular weight excluding hydrogens is 226 g/mol. The Morgan fingerprint density at radius 1 is 1.40 bits per heavy atom. The molecule has 0 saturated heterocycles. The van der Waals surface area contributed by atoms with Gasteiger partial charge >= 0.3 is 11.2 Å². The first-order valence-corrected chi connectivity index (χ1v) is 4.75. The van der Waals surface area contributed by atoms with Gasteiger partial charge in [-0.05, 0) is 19.9 Å². The molecule has 0 saturated carbocycles. The SMILES string of the molecule is Cc1cc(C)nc(SC(F)(F)C(=O)O)n1. The first-order chi connectivity index (χ1) is 6.81. The average Bonchev–Trinajstić information content (AvgIpc) is 1.99. The lowest BCUT2D eigenvalue weighted by Crippen LogP contribution is -2.24. The molecular formula is C8H8F2N2O2S. The Labute approximate surface area is 88.7 Å². The number of carbonyl (C=O) groups is 1. The summed E-state index contributed by atoms with van der Waals surface area (Å²) in [6.45, 7) is 3.25. The van der Waals surface area contributed by atoms with Crippen molar-refractivity contribution >= 4 is 17.7 Å². The summed E-state index contributed by atoms with van der Waals surface area (Å²) in [7, 11) is 0. The van der Waals surface area contributed by atoms with Crippen molar-refractivity contribution in [3.63, 3.8) is 0 Å². The van der Waals surface area contributed by atoms with Crippen LogP contribution >= 0.6 is 11.8 Å². The Hall–Kier alpha value is -1.24. The molecule has 1 N–H and O–H groups in total. The minimum atomic E-state index is -3.90. The van der Waals surface area contributed by atoms with Crippen LogP contribution < -0.4 is 0 Å². The van der Waals surface area contributed by atoms with Crippen LogP contribution in [0.5, 0.6) is 0 Å². The van der Waals surface area contributed by atoms with Gasteiger partial charge < -0.3 is 5.11 Å². The number of halogens is 2. The van der Waals surface area contributed by atoms with E-state index in [2.05, 4.69) is 9.97 Å². The fourth-order valence-corrected chi connectivity index (χ4v) is 1.59. The second-order valence-corrected chi connectivity index (χ2v) is 3.94. The van der Waals surface area contributed by atoms with Gasteiger partial charge in [0.2, 0.25) is 0 Å². The van der Waals surface area contributed by atoms with Gasteiger partial charge in [-0.15, -0.1) is 0 Å². The summed E-state index contributed by atoms with van der Waals surface area (Å²) < 4.78 is 25.6. The summed E-state index contributed by atoms with van der Waals surface area (Å²) in [6.07, 6.45) is 0. The van der Waals surface area contributed by atoms with Crippen LogP contribution in [-0.4, -0.2) is 26.3 Å². The molecule has 0 aliphatic rings. The first-order valence-electron chi connectivity index (χ1n) is 3.94. The third-order valence-electron chi connectivity index (χ3n) is 1.43. The molecule has 0 bridgehead atoms. The molecule has 15 heavy (non-hydrogen) atoms. The van der Waals surface area contributed by atoms with E-state index in [0.29, 0.717) is 11.4 Å². The number of alkyl halides is 2. The zero-order valence-corrected chi connectivity index (χ0v) is 8.81. The van der Waals surface area contributed by atoms with Crippen LogP contribution in [0, 0.1) is 13.8 Å². The zero-order valence-electron chi connectivity index (χ0n) is 7.99. The molecule has 7 heteroatoms. The topological polar surface area (TPSA) is 63.1 Å². The highest BCUT2D eigenvalue weighted by molar-refractivity contribution is 8.00. The third kappa shape index (κ3) is 3.12. The highest BCUT2D eigenvalue weighted by atomic mass is 32.2. The number of nitrogens with zero attached hydrogens (tertiary/aromatic N) is 2. The minimum absolute atomic E-state index is 0.173. The molecule has 1 rings (SSSR count). The summed E-state index contributed by atoms with van der Waals surface area (Å²) in [4.78, 5) is 17.6. The molecule has 0 amide bonds. The lowest BCUT2D eigenvalue weighted by atomic mass is 10.4. The highest BCUT2D eigenvalue weighted by Crippen LogP contribution is 2.33. The van der Waals surface area contributed by atoms with Crippen molar-refractivity contribution < 1.29 is 18.7 Å². The van der Waals surface area contributed by atoms with Crippen molar-refractivity contribution in [3.8, 4) is 0 Å². The number of aryl methyl sites for hydroxylation is 2. The van der Waals surface area contributed by atoms with Crippen LogP contribution in [0.25, 0.3) is 0 Å². The monoisotopic (exact) mass is 234 g/mol. The summed E-state index contributed by atoms with van der Waals surface area (Å²) in [5.41, 5.74) is 1.04. The molecule has 4 nitrogen and oxygen atoms in total. The maximum absolute atomic E-state index is 12.8. The molecule has 1 aromatic rings. The fourth-order valence-electron chi connectivity index (χ4n) is 0.898. The Bertz CT molecular complexity index is 378. The van der Waals surface area contributed by atoms with Gasteiger partial charge in [-0.2, -0.15) is 8.78 Å².